The first-order valence-corrected chi connectivity index (χ1v) is 11.5. The van der Waals surface area contributed by atoms with E-state index in [0.717, 1.165) is 5.92 Å². The number of allylic oxidation sites excluding steroid dienone is 2. The van der Waals surface area contributed by atoms with Gasteiger partial charge in [0.2, 0.25) is 0 Å². The third kappa shape index (κ3) is 19.8. The molecular formula is C24H48. The van der Waals surface area contributed by atoms with Crippen molar-refractivity contribution >= 4 is 0 Å². The minimum absolute atomic E-state index is 0.944. The zero-order valence-electron chi connectivity index (χ0n) is 17.5. The van der Waals surface area contributed by atoms with Crippen molar-refractivity contribution in [2.24, 2.45) is 5.92 Å². The molecule has 144 valence electrons. The van der Waals surface area contributed by atoms with Crippen LogP contribution in [-0.4, -0.2) is 0 Å². The zero-order chi connectivity index (χ0) is 17.7. The quantitative estimate of drug-likeness (QED) is 0.163. The number of hydrogen-bond acceptors (Lipinski definition) is 0. The molecule has 0 heterocycles. The van der Waals surface area contributed by atoms with Gasteiger partial charge in [-0.05, 0) is 31.6 Å². The van der Waals surface area contributed by atoms with Gasteiger partial charge in [-0.1, -0.05) is 123 Å². The number of hydrogen-bond donors (Lipinski definition) is 0. The van der Waals surface area contributed by atoms with Crippen LogP contribution < -0.4 is 0 Å². The highest BCUT2D eigenvalue weighted by molar-refractivity contribution is 4.81. The molecule has 1 unspecified atom stereocenters. The summed E-state index contributed by atoms with van der Waals surface area (Å²) < 4.78 is 0. The van der Waals surface area contributed by atoms with Crippen LogP contribution in [0.3, 0.4) is 0 Å². The lowest BCUT2D eigenvalue weighted by atomic mass is 9.99. The van der Waals surface area contributed by atoms with Gasteiger partial charge in [-0.25, -0.2) is 0 Å². The first-order valence-electron chi connectivity index (χ1n) is 11.5. The van der Waals surface area contributed by atoms with E-state index in [2.05, 4.69) is 32.9 Å². The Labute approximate surface area is 154 Å². The predicted octanol–water partition coefficient (Wildman–Crippen LogP) is 9.24. The maximum atomic E-state index is 2.43. The molecule has 0 aliphatic rings. The number of rotatable bonds is 19. The molecule has 0 aliphatic carbocycles. The number of unbranched alkanes of at least 4 members (excludes halogenated alkanes) is 14. The van der Waals surface area contributed by atoms with Crippen LogP contribution in [0.4, 0.5) is 0 Å². The molecule has 0 heteroatoms. The van der Waals surface area contributed by atoms with Gasteiger partial charge in [-0.2, -0.15) is 0 Å². The molecule has 0 saturated carbocycles. The van der Waals surface area contributed by atoms with Gasteiger partial charge in [0.25, 0.3) is 0 Å². The van der Waals surface area contributed by atoms with Gasteiger partial charge >= 0.3 is 0 Å². The highest BCUT2D eigenvalue weighted by Crippen LogP contribution is 2.15. The van der Waals surface area contributed by atoms with Crippen molar-refractivity contribution in [3.63, 3.8) is 0 Å². The van der Waals surface area contributed by atoms with Gasteiger partial charge < -0.3 is 0 Å². The predicted molar refractivity (Wildman–Crippen MR) is 113 cm³/mol. The van der Waals surface area contributed by atoms with E-state index in [1.807, 2.05) is 0 Å². The molecule has 24 heavy (non-hydrogen) atoms. The second-order valence-corrected chi connectivity index (χ2v) is 7.95. The maximum absolute atomic E-state index is 2.43. The summed E-state index contributed by atoms with van der Waals surface area (Å²) in [6.45, 7) is 6.99. The first-order chi connectivity index (χ1) is 11.8. The molecule has 0 amide bonds. The summed E-state index contributed by atoms with van der Waals surface area (Å²) in [6.07, 6.45) is 30.4. The lowest BCUT2D eigenvalue weighted by Crippen LogP contribution is -1.91. The fourth-order valence-electron chi connectivity index (χ4n) is 3.30. The third-order valence-corrected chi connectivity index (χ3v) is 5.41. The van der Waals surface area contributed by atoms with Crippen molar-refractivity contribution in [1.29, 1.82) is 0 Å². The Balaban J connectivity index is 3.08. The summed E-state index contributed by atoms with van der Waals surface area (Å²) in [5.41, 5.74) is 0. The highest BCUT2D eigenvalue weighted by Gasteiger charge is 1.98. The fourth-order valence-corrected chi connectivity index (χ4v) is 3.30. The Morgan fingerprint density at radius 2 is 0.958 bits per heavy atom. The summed E-state index contributed by atoms with van der Waals surface area (Å²) in [4.78, 5) is 0. The summed E-state index contributed by atoms with van der Waals surface area (Å²) in [5.74, 6) is 0.944. The molecule has 0 saturated heterocycles. The fraction of sp³-hybridized carbons (Fsp3) is 0.917. The normalized spacial score (nSPS) is 13.0. The first kappa shape index (κ1) is 23.7. The van der Waals surface area contributed by atoms with Gasteiger partial charge in [-0.3, -0.25) is 0 Å². The average molecular weight is 337 g/mol. The molecule has 0 aromatic rings. The second kappa shape index (κ2) is 20.8. The van der Waals surface area contributed by atoms with Crippen molar-refractivity contribution in [2.75, 3.05) is 0 Å². The minimum Gasteiger partial charge on any atom is -0.0885 e. The smallest absolute Gasteiger partial charge is 0.0351 e. The van der Waals surface area contributed by atoms with E-state index >= 15 is 0 Å². The van der Waals surface area contributed by atoms with Crippen LogP contribution >= 0.6 is 0 Å². The second-order valence-electron chi connectivity index (χ2n) is 7.95. The third-order valence-electron chi connectivity index (χ3n) is 5.41. The van der Waals surface area contributed by atoms with E-state index in [1.165, 1.54) is 116 Å². The molecular weight excluding hydrogens is 288 g/mol. The van der Waals surface area contributed by atoms with Gasteiger partial charge in [-0.15, -0.1) is 0 Å². The Bertz CT molecular complexity index is 240. The van der Waals surface area contributed by atoms with E-state index in [0.29, 0.717) is 0 Å². The van der Waals surface area contributed by atoms with E-state index in [-0.39, 0.29) is 0 Å². The van der Waals surface area contributed by atoms with E-state index in [4.69, 9.17) is 0 Å². The molecule has 0 N–H and O–H groups in total. The van der Waals surface area contributed by atoms with E-state index < -0.39 is 0 Å². The maximum Gasteiger partial charge on any atom is -0.0351 e. The van der Waals surface area contributed by atoms with Crippen LogP contribution in [-0.2, 0) is 0 Å². The summed E-state index contributed by atoms with van der Waals surface area (Å²) in [5, 5.41) is 0. The SMILES string of the molecule is CCCCCCCC/C=C/CCCCCCCCCCC(C)CC. The lowest BCUT2D eigenvalue weighted by Gasteiger charge is -2.07. The van der Waals surface area contributed by atoms with Gasteiger partial charge in [0.1, 0.15) is 0 Å². The van der Waals surface area contributed by atoms with Crippen LogP contribution in [0.25, 0.3) is 0 Å². The van der Waals surface area contributed by atoms with Crippen LogP contribution in [0.1, 0.15) is 136 Å². The van der Waals surface area contributed by atoms with Crippen molar-refractivity contribution in [3.8, 4) is 0 Å². The van der Waals surface area contributed by atoms with Crippen LogP contribution in [0.5, 0.6) is 0 Å². The molecule has 0 fully saturated rings. The van der Waals surface area contributed by atoms with Crippen molar-refractivity contribution in [3.05, 3.63) is 12.2 Å². The standard InChI is InChI=1S/C24H48/c1-4-6-7-8-9-10-11-12-13-14-15-16-17-18-19-20-21-22-23-24(3)5-2/h12-13,24H,4-11,14-23H2,1-3H3/b13-12+. The molecule has 0 aliphatic heterocycles. The topological polar surface area (TPSA) is 0 Å². The van der Waals surface area contributed by atoms with E-state index in [1.54, 1.807) is 0 Å². The van der Waals surface area contributed by atoms with Crippen LogP contribution in [0, 0.1) is 5.92 Å². The molecule has 0 rings (SSSR count). The molecule has 0 aromatic heterocycles. The van der Waals surface area contributed by atoms with Crippen LogP contribution in [0.2, 0.25) is 0 Å². The van der Waals surface area contributed by atoms with Crippen molar-refractivity contribution in [1.82, 2.24) is 0 Å². The Morgan fingerprint density at radius 1 is 0.542 bits per heavy atom. The Hall–Kier alpha value is -0.260. The largest absolute Gasteiger partial charge is 0.0885 e. The molecule has 1 atom stereocenters. The van der Waals surface area contributed by atoms with Gasteiger partial charge in [0.05, 0.1) is 0 Å². The van der Waals surface area contributed by atoms with E-state index in [9.17, 15) is 0 Å². The Kier molecular flexibility index (Phi) is 20.6. The zero-order valence-corrected chi connectivity index (χ0v) is 17.5. The lowest BCUT2D eigenvalue weighted by molar-refractivity contribution is 0.469. The average Bonchev–Trinajstić information content (AvgIpc) is 2.60. The molecule has 0 nitrogen and oxygen atoms in total. The van der Waals surface area contributed by atoms with Gasteiger partial charge in [0.15, 0.2) is 0 Å². The monoisotopic (exact) mass is 336 g/mol. The molecule has 0 radical (unpaired) electrons. The van der Waals surface area contributed by atoms with Gasteiger partial charge in [0, 0.05) is 0 Å². The van der Waals surface area contributed by atoms with Crippen LogP contribution in [0.15, 0.2) is 12.2 Å². The summed E-state index contributed by atoms with van der Waals surface area (Å²) >= 11 is 0. The molecule has 0 bridgehead atoms. The van der Waals surface area contributed by atoms with Crippen molar-refractivity contribution < 1.29 is 0 Å². The minimum atomic E-state index is 0.944. The van der Waals surface area contributed by atoms with Crippen molar-refractivity contribution in [2.45, 2.75) is 136 Å². The molecule has 0 spiro atoms. The molecule has 0 aromatic carbocycles. The summed E-state index contributed by atoms with van der Waals surface area (Å²) in [7, 11) is 0. The summed E-state index contributed by atoms with van der Waals surface area (Å²) in [6, 6.07) is 0. The Morgan fingerprint density at radius 3 is 1.42 bits per heavy atom. The highest BCUT2D eigenvalue weighted by atomic mass is 14.0.